The fourth-order valence-corrected chi connectivity index (χ4v) is 3.55. The van der Waals surface area contributed by atoms with Crippen LogP contribution in [0.5, 0.6) is 0 Å². The fraction of sp³-hybridized carbons (Fsp3) is 0.714. The number of rotatable bonds is 3. The minimum atomic E-state index is -3.42. The SMILES string of the molecule is CC(C)(C)c1nccc(N2CCC[C@H](CS(N)(=O)=O)C2)n1. The van der Waals surface area contributed by atoms with Crippen LogP contribution in [-0.4, -0.2) is 37.2 Å². The summed E-state index contributed by atoms with van der Waals surface area (Å²) in [6, 6.07) is 1.88. The maximum atomic E-state index is 11.3. The highest BCUT2D eigenvalue weighted by atomic mass is 32.2. The van der Waals surface area contributed by atoms with Gasteiger partial charge in [-0.3, -0.25) is 0 Å². The van der Waals surface area contributed by atoms with E-state index in [4.69, 9.17) is 5.14 Å². The van der Waals surface area contributed by atoms with Gasteiger partial charge >= 0.3 is 0 Å². The number of hydrogen-bond donors (Lipinski definition) is 1. The Morgan fingerprint density at radius 2 is 2.14 bits per heavy atom. The van der Waals surface area contributed by atoms with Crippen LogP contribution in [0, 0.1) is 5.92 Å². The molecule has 1 aromatic rings. The zero-order valence-electron chi connectivity index (χ0n) is 12.9. The molecule has 1 saturated heterocycles. The summed E-state index contributed by atoms with van der Waals surface area (Å²) < 4.78 is 22.5. The lowest BCUT2D eigenvalue weighted by molar-refractivity contribution is 0.440. The molecule has 118 valence electrons. The van der Waals surface area contributed by atoms with Crippen molar-refractivity contribution >= 4 is 15.8 Å². The first-order chi connectivity index (χ1) is 9.65. The van der Waals surface area contributed by atoms with Gasteiger partial charge in [0.2, 0.25) is 10.0 Å². The maximum absolute atomic E-state index is 11.3. The van der Waals surface area contributed by atoms with Crippen molar-refractivity contribution < 1.29 is 8.42 Å². The molecule has 0 radical (unpaired) electrons. The summed E-state index contributed by atoms with van der Waals surface area (Å²) in [7, 11) is -3.42. The number of piperidine rings is 1. The van der Waals surface area contributed by atoms with Crippen LogP contribution in [0.3, 0.4) is 0 Å². The van der Waals surface area contributed by atoms with Gasteiger partial charge in [0.1, 0.15) is 11.6 Å². The van der Waals surface area contributed by atoms with Gasteiger partial charge in [-0.1, -0.05) is 20.8 Å². The van der Waals surface area contributed by atoms with Crippen molar-refractivity contribution in [3.8, 4) is 0 Å². The Hall–Kier alpha value is -1.21. The molecule has 1 atom stereocenters. The zero-order valence-corrected chi connectivity index (χ0v) is 13.7. The monoisotopic (exact) mass is 312 g/mol. The van der Waals surface area contributed by atoms with Gasteiger partial charge in [0.05, 0.1) is 5.75 Å². The van der Waals surface area contributed by atoms with Crippen molar-refractivity contribution in [2.45, 2.75) is 39.0 Å². The van der Waals surface area contributed by atoms with E-state index in [1.54, 1.807) is 6.20 Å². The molecule has 0 saturated carbocycles. The number of sulfonamides is 1. The van der Waals surface area contributed by atoms with Gasteiger partial charge in [0, 0.05) is 24.7 Å². The lowest BCUT2D eigenvalue weighted by Gasteiger charge is -2.33. The second kappa shape index (κ2) is 5.88. The van der Waals surface area contributed by atoms with Gasteiger partial charge in [-0.15, -0.1) is 0 Å². The van der Waals surface area contributed by atoms with Crippen molar-refractivity contribution in [3.63, 3.8) is 0 Å². The highest BCUT2D eigenvalue weighted by Crippen LogP contribution is 2.24. The van der Waals surface area contributed by atoms with Gasteiger partial charge in [0.15, 0.2) is 0 Å². The number of aromatic nitrogens is 2. The van der Waals surface area contributed by atoms with Crippen LogP contribution in [0.25, 0.3) is 0 Å². The van der Waals surface area contributed by atoms with Crippen LogP contribution in [-0.2, 0) is 15.4 Å². The average molecular weight is 312 g/mol. The van der Waals surface area contributed by atoms with Crippen LogP contribution >= 0.6 is 0 Å². The molecular weight excluding hydrogens is 288 g/mol. The second-order valence-corrected chi connectivity index (χ2v) is 8.43. The quantitative estimate of drug-likeness (QED) is 0.908. The Morgan fingerprint density at radius 3 is 2.76 bits per heavy atom. The molecule has 2 heterocycles. The lowest BCUT2D eigenvalue weighted by Crippen LogP contribution is -2.40. The Morgan fingerprint density at radius 1 is 1.43 bits per heavy atom. The number of primary sulfonamides is 1. The van der Waals surface area contributed by atoms with Crippen molar-refractivity contribution in [1.82, 2.24) is 9.97 Å². The molecule has 0 amide bonds. The molecule has 6 nitrogen and oxygen atoms in total. The summed E-state index contributed by atoms with van der Waals surface area (Å²) in [4.78, 5) is 11.1. The highest BCUT2D eigenvalue weighted by molar-refractivity contribution is 7.89. The van der Waals surface area contributed by atoms with E-state index in [2.05, 4.69) is 35.6 Å². The number of nitrogens with two attached hydrogens (primary N) is 1. The minimum absolute atomic E-state index is 0.0424. The molecule has 0 aromatic carbocycles. The van der Waals surface area contributed by atoms with E-state index in [-0.39, 0.29) is 17.1 Å². The van der Waals surface area contributed by atoms with E-state index >= 15 is 0 Å². The predicted octanol–water partition coefficient (Wildman–Crippen LogP) is 1.28. The van der Waals surface area contributed by atoms with Crippen molar-refractivity contribution in [3.05, 3.63) is 18.1 Å². The molecule has 0 bridgehead atoms. The summed E-state index contributed by atoms with van der Waals surface area (Å²) in [5.41, 5.74) is -0.105. The number of hydrogen-bond acceptors (Lipinski definition) is 5. The Balaban J connectivity index is 2.15. The molecule has 2 rings (SSSR count). The van der Waals surface area contributed by atoms with Crippen LogP contribution in [0.4, 0.5) is 5.82 Å². The molecule has 2 N–H and O–H groups in total. The summed E-state index contributed by atoms with van der Waals surface area (Å²) >= 11 is 0. The first-order valence-corrected chi connectivity index (χ1v) is 8.95. The molecule has 1 aliphatic rings. The van der Waals surface area contributed by atoms with Crippen LogP contribution in [0.1, 0.15) is 39.4 Å². The van der Waals surface area contributed by atoms with Crippen LogP contribution in [0.2, 0.25) is 0 Å². The molecular formula is C14H24N4O2S. The standard InChI is InChI=1S/C14H24N4O2S/c1-14(2,3)13-16-7-6-12(17-13)18-8-4-5-11(9-18)10-21(15,19)20/h6-7,11H,4-5,8-10H2,1-3H3,(H2,15,19,20)/t11-/m0/s1. The first-order valence-electron chi connectivity index (χ1n) is 7.24. The molecule has 1 fully saturated rings. The summed E-state index contributed by atoms with van der Waals surface area (Å²) in [5, 5.41) is 5.16. The lowest BCUT2D eigenvalue weighted by atomic mass is 9.95. The largest absolute Gasteiger partial charge is 0.356 e. The third-order valence-electron chi connectivity index (χ3n) is 3.62. The van der Waals surface area contributed by atoms with Gasteiger partial charge in [0.25, 0.3) is 0 Å². The van der Waals surface area contributed by atoms with Gasteiger partial charge in [-0.2, -0.15) is 0 Å². The molecule has 1 aliphatic heterocycles. The first kappa shape index (κ1) is 16.2. The highest BCUT2D eigenvalue weighted by Gasteiger charge is 2.25. The van der Waals surface area contributed by atoms with Crippen molar-refractivity contribution in [1.29, 1.82) is 0 Å². The van der Waals surface area contributed by atoms with E-state index in [0.717, 1.165) is 31.0 Å². The number of anilines is 1. The maximum Gasteiger partial charge on any atom is 0.209 e. The molecule has 1 aromatic heterocycles. The third-order valence-corrected chi connectivity index (χ3v) is 4.56. The van der Waals surface area contributed by atoms with E-state index in [9.17, 15) is 8.42 Å². The smallest absolute Gasteiger partial charge is 0.209 e. The third kappa shape index (κ3) is 4.64. The van der Waals surface area contributed by atoms with Crippen LogP contribution in [0.15, 0.2) is 12.3 Å². The molecule has 0 spiro atoms. The Labute approximate surface area is 126 Å². The average Bonchev–Trinajstić information content (AvgIpc) is 2.36. The molecule has 21 heavy (non-hydrogen) atoms. The number of nitrogens with zero attached hydrogens (tertiary/aromatic N) is 3. The van der Waals surface area contributed by atoms with Crippen molar-refractivity contribution in [2.75, 3.05) is 23.7 Å². The minimum Gasteiger partial charge on any atom is -0.356 e. The summed E-state index contributed by atoms with van der Waals surface area (Å²) in [6.07, 6.45) is 3.62. The Kier molecular flexibility index (Phi) is 4.53. The normalized spacial score (nSPS) is 20.6. The second-order valence-electron chi connectivity index (χ2n) is 6.77. The molecule has 7 heteroatoms. The molecule has 0 unspecified atom stereocenters. The van der Waals surface area contributed by atoms with Gasteiger partial charge in [-0.25, -0.2) is 23.5 Å². The predicted molar refractivity (Wildman–Crippen MR) is 83.6 cm³/mol. The van der Waals surface area contributed by atoms with Gasteiger partial charge < -0.3 is 4.90 Å². The van der Waals surface area contributed by atoms with Gasteiger partial charge in [-0.05, 0) is 24.8 Å². The van der Waals surface area contributed by atoms with E-state index < -0.39 is 10.0 Å². The topological polar surface area (TPSA) is 89.2 Å². The zero-order chi connectivity index (χ0) is 15.7. The van der Waals surface area contributed by atoms with Crippen molar-refractivity contribution in [2.24, 2.45) is 11.1 Å². The van der Waals surface area contributed by atoms with E-state index in [1.807, 2.05) is 6.07 Å². The Bertz CT molecular complexity index is 595. The van der Waals surface area contributed by atoms with Crippen LogP contribution < -0.4 is 10.0 Å². The fourth-order valence-electron chi connectivity index (χ4n) is 2.62. The van der Waals surface area contributed by atoms with E-state index in [0.29, 0.717) is 6.54 Å². The van der Waals surface area contributed by atoms with E-state index in [1.165, 1.54) is 0 Å². The summed E-state index contributed by atoms with van der Waals surface area (Å²) in [5.74, 6) is 1.78. The summed E-state index contributed by atoms with van der Waals surface area (Å²) in [6.45, 7) is 7.79. The molecule has 0 aliphatic carbocycles.